The van der Waals surface area contributed by atoms with Crippen molar-refractivity contribution in [2.24, 2.45) is 0 Å². The Hall–Kier alpha value is -2.02. The van der Waals surface area contributed by atoms with Crippen LogP contribution in [-0.4, -0.2) is 8.42 Å². The summed E-state index contributed by atoms with van der Waals surface area (Å²) in [5.74, 6) is -2.63. The standard InChI is InChI=1S/C13H10F3NO2S/c1-8-2-7-11(15)13(12(8)16)17-20(18,19)10-5-3-9(14)4-6-10/h2-7,17H,1H3. The molecule has 0 bridgehead atoms. The van der Waals surface area contributed by atoms with E-state index < -0.39 is 33.2 Å². The maximum atomic E-state index is 13.7. The average molecular weight is 301 g/mol. The number of benzene rings is 2. The summed E-state index contributed by atoms with van der Waals surface area (Å²) < 4.78 is 65.8. The largest absolute Gasteiger partial charge is 0.274 e. The first-order chi connectivity index (χ1) is 9.31. The molecule has 0 radical (unpaired) electrons. The summed E-state index contributed by atoms with van der Waals surface area (Å²) in [4.78, 5) is -0.292. The Morgan fingerprint density at radius 2 is 1.55 bits per heavy atom. The molecular formula is C13H10F3NO2S. The van der Waals surface area contributed by atoms with Crippen LogP contribution in [0.1, 0.15) is 5.56 Å². The highest BCUT2D eigenvalue weighted by Gasteiger charge is 2.20. The first kappa shape index (κ1) is 14.4. The molecule has 1 N–H and O–H groups in total. The molecule has 0 heterocycles. The predicted molar refractivity (Wildman–Crippen MR) is 68.3 cm³/mol. The number of nitrogens with one attached hydrogen (secondary N) is 1. The fourth-order valence-corrected chi connectivity index (χ4v) is 2.63. The minimum absolute atomic E-state index is 0.100. The summed E-state index contributed by atoms with van der Waals surface area (Å²) >= 11 is 0. The molecule has 0 aliphatic rings. The van der Waals surface area contributed by atoms with Crippen LogP contribution in [-0.2, 0) is 10.0 Å². The van der Waals surface area contributed by atoms with Gasteiger partial charge >= 0.3 is 0 Å². The molecule has 3 nitrogen and oxygen atoms in total. The molecule has 0 unspecified atom stereocenters. The van der Waals surface area contributed by atoms with E-state index in [1.165, 1.54) is 13.0 Å². The molecule has 0 fully saturated rings. The lowest BCUT2D eigenvalue weighted by atomic mass is 10.2. The highest BCUT2D eigenvalue weighted by atomic mass is 32.2. The van der Waals surface area contributed by atoms with Crippen molar-refractivity contribution in [3.63, 3.8) is 0 Å². The van der Waals surface area contributed by atoms with Crippen molar-refractivity contribution in [1.29, 1.82) is 0 Å². The van der Waals surface area contributed by atoms with E-state index in [9.17, 15) is 21.6 Å². The molecule has 0 aliphatic carbocycles. The zero-order valence-electron chi connectivity index (χ0n) is 10.3. The fourth-order valence-electron chi connectivity index (χ4n) is 1.56. The van der Waals surface area contributed by atoms with E-state index in [1.54, 1.807) is 0 Å². The summed E-state index contributed by atoms with van der Waals surface area (Å²) in [6, 6.07) is 6.04. The second kappa shape index (κ2) is 5.16. The smallest absolute Gasteiger partial charge is 0.262 e. The molecule has 0 spiro atoms. The first-order valence-electron chi connectivity index (χ1n) is 5.54. The zero-order chi connectivity index (χ0) is 14.9. The number of aryl methyl sites for hydroxylation is 1. The van der Waals surface area contributed by atoms with Gasteiger partial charge in [-0.3, -0.25) is 4.72 Å². The summed E-state index contributed by atoms with van der Waals surface area (Å²) in [5.41, 5.74) is -0.655. The molecule has 0 saturated carbocycles. The quantitative estimate of drug-likeness (QED) is 0.946. The van der Waals surface area contributed by atoms with Crippen molar-refractivity contribution in [2.75, 3.05) is 4.72 Å². The van der Waals surface area contributed by atoms with E-state index >= 15 is 0 Å². The van der Waals surface area contributed by atoms with E-state index in [2.05, 4.69) is 0 Å². The van der Waals surface area contributed by atoms with Crippen LogP contribution >= 0.6 is 0 Å². The van der Waals surface area contributed by atoms with Gasteiger partial charge in [0.05, 0.1) is 4.90 Å². The Kier molecular flexibility index (Phi) is 3.71. The van der Waals surface area contributed by atoms with E-state index in [0.717, 1.165) is 30.3 Å². The molecule has 7 heteroatoms. The molecular weight excluding hydrogens is 291 g/mol. The van der Waals surface area contributed by atoms with Gasteiger partial charge in [-0.2, -0.15) is 0 Å². The van der Waals surface area contributed by atoms with Gasteiger partial charge in [0.2, 0.25) is 0 Å². The summed E-state index contributed by atoms with van der Waals surface area (Å²) in [7, 11) is -4.19. The molecule has 2 rings (SSSR count). The van der Waals surface area contributed by atoms with Crippen LogP contribution in [0.5, 0.6) is 0 Å². The second-order valence-corrected chi connectivity index (χ2v) is 5.80. The van der Waals surface area contributed by atoms with Crippen molar-refractivity contribution in [3.8, 4) is 0 Å². The van der Waals surface area contributed by atoms with Crippen molar-refractivity contribution in [3.05, 3.63) is 59.4 Å². The fraction of sp³-hybridized carbons (Fsp3) is 0.0769. The third-order valence-corrected chi connectivity index (χ3v) is 4.01. The Labute approximate surface area is 114 Å². The minimum Gasteiger partial charge on any atom is -0.274 e. The van der Waals surface area contributed by atoms with E-state index in [0.29, 0.717) is 0 Å². The number of halogens is 3. The zero-order valence-corrected chi connectivity index (χ0v) is 11.1. The minimum atomic E-state index is -4.19. The molecule has 2 aromatic carbocycles. The monoisotopic (exact) mass is 301 g/mol. The van der Waals surface area contributed by atoms with Crippen LogP contribution in [0.3, 0.4) is 0 Å². The molecule has 2 aromatic rings. The molecule has 0 aliphatic heterocycles. The van der Waals surface area contributed by atoms with E-state index in [1.807, 2.05) is 4.72 Å². The average Bonchev–Trinajstić information content (AvgIpc) is 2.40. The lowest BCUT2D eigenvalue weighted by molar-refractivity contribution is 0.578. The maximum Gasteiger partial charge on any atom is 0.262 e. The SMILES string of the molecule is Cc1ccc(F)c(NS(=O)(=O)c2ccc(F)cc2)c1F. The molecule has 0 atom stereocenters. The van der Waals surface area contributed by atoms with Crippen LogP contribution in [0.2, 0.25) is 0 Å². The van der Waals surface area contributed by atoms with Crippen LogP contribution < -0.4 is 4.72 Å². The van der Waals surface area contributed by atoms with Gasteiger partial charge in [-0.05, 0) is 42.8 Å². The van der Waals surface area contributed by atoms with Crippen LogP contribution in [0.15, 0.2) is 41.3 Å². The second-order valence-electron chi connectivity index (χ2n) is 4.11. The molecule has 20 heavy (non-hydrogen) atoms. The van der Waals surface area contributed by atoms with Gasteiger partial charge in [-0.25, -0.2) is 21.6 Å². The number of sulfonamides is 1. The van der Waals surface area contributed by atoms with Gasteiger partial charge in [0.25, 0.3) is 10.0 Å². The van der Waals surface area contributed by atoms with Gasteiger partial charge < -0.3 is 0 Å². The van der Waals surface area contributed by atoms with Crippen molar-refractivity contribution < 1.29 is 21.6 Å². The number of hydrogen-bond acceptors (Lipinski definition) is 2. The molecule has 0 saturated heterocycles. The summed E-state index contributed by atoms with van der Waals surface area (Å²) in [6.07, 6.45) is 0. The number of rotatable bonds is 3. The highest BCUT2D eigenvalue weighted by Crippen LogP contribution is 2.24. The van der Waals surface area contributed by atoms with E-state index in [4.69, 9.17) is 0 Å². The van der Waals surface area contributed by atoms with Crippen LogP contribution in [0, 0.1) is 24.4 Å². The van der Waals surface area contributed by atoms with Crippen LogP contribution in [0.4, 0.5) is 18.9 Å². The van der Waals surface area contributed by atoms with Crippen molar-refractivity contribution in [2.45, 2.75) is 11.8 Å². The Balaban J connectivity index is 2.43. The topological polar surface area (TPSA) is 46.2 Å². The normalized spacial score (nSPS) is 11.4. The summed E-state index contributed by atoms with van der Waals surface area (Å²) in [6.45, 7) is 1.38. The third-order valence-electron chi connectivity index (χ3n) is 2.64. The van der Waals surface area contributed by atoms with Crippen molar-refractivity contribution >= 4 is 15.7 Å². The Morgan fingerprint density at radius 1 is 0.950 bits per heavy atom. The highest BCUT2D eigenvalue weighted by molar-refractivity contribution is 7.92. The maximum absolute atomic E-state index is 13.7. The van der Waals surface area contributed by atoms with Crippen molar-refractivity contribution in [1.82, 2.24) is 0 Å². The lowest BCUT2D eigenvalue weighted by Crippen LogP contribution is -2.15. The van der Waals surface area contributed by atoms with Gasteiger partial charge in [0, 0.05) is 0 Å². The Morgan fingerprint density at radius 3 is 2.15 bits per heavy atom. The predicted octanol–water partition coefficient (Wildman–Crippen LogP) is 3.21. The van der Waals surface area contributed by atoms with Gasteiger partial charge in [0.1, 0.15) is 17.3 Å². The molecule has 0 amide bonds. The van der Waals surface area contributed by atoms with Crippen LogP contribution in [0.25, 0.3) is 0 Å². The van der Waals surface area contributed by atoms with Gasteiger partial charge in [-0.15, -0.1) is 0 Å². The third kappa shape index (κ3) is 2.77. The number of hydrogen-bond donors (Lipinski definition) is 1. The molecule has 106 valence electrons. The molecule has 0 aromatic heterocycles. The van der Waals surface area contributed by atoms with Gasteiger partial charge in [0.15, 0.2) is 5.82 Å². The summed E-state index contributed by atoms with van der Waals surface area (Å²) in [5, 5.41) is 0. The Bertz CT molecular complexity index is 743. The first-order valence-corrected chi connectivity index (χ1v) is 7.02. The van der Waals surface area contributed by atoms with E-state index in [-0.39, 0.29) is 10.5 Å². The number of anilines is 1. The lowest BCUT2D eigenvalue weighted by Gasteiger charge is -2.11. The van der Waals surface area contributed by atoms with Gasteiger partial charge in [-0.1, -0.05) is 6.07 Å².